The summed E-state index contributed by atoms with van der Waals surface area (Å²) in [7, 11) is 2.26. The highest BCUT2D eigenvalue weighted by Crippen LogP contribution is 2.56. The molecule has 0 radical (unpaired) electrons. The molecule has 0 bridgehead atoms. The Morgan fingerprint density at radius 1 is 1.26 bits per heavy atom. The summed E-state index contributed by atoms with van der Waals surface area (Å²) in [6, 6.07) is 6.95. The van der Waals surface area contributed by atoms with Gasteiger partial charge in [-0.1, -0.05) is 6.07 Å². The molecule has 5 heteroatoms. The SMILES string of the molecule is CN(Cc1nccs1)[C@H]1CC12CCN(Cc1ccccn1)CC2. The average molecular weight is 328 g/mol. The monoisotopic (exact) mass is 328 g/mol. The Balaban J connectivity index is 1.28. The van der Waals surface area contributed by atoms with Crippen molar-refractivity contribution in [3.8, 4) is 0 Å². The number of nitrogens with zero attached hydrogens (tertiary/aromatic N) is 4. The van der Waals surface area contributed by atoms with E-state index in [1.165, 1.54) is 43.1 Å². The maximum atomic E-state index is 4.45. The molecule has 2 aromatic heterocycles. The van der Waals surface area contributed by atoms with Crippen LogP contribution in [0.15, 0.2) is 36.0 Å². The van der Waals surface area contributed by atoms with Gasteiger partial charge in [-0.25, -0.2) is 4.98 Å². The summed E-state index contributed by atoms with van der Waals surface area (Å²) in [5.41, 5.74) is 1.77. The van der Waals surface area contributed by atoms with Gasteiger partial charge >= 0.3 is 0 Å². The summed E-state index contributed by atoms with van der Waals surface area (Å²) >= 11 is 1.77. The minimum absolute atomic E-state index is 0.576. The van der Waals surface area contributed by atoms with Crippen LogP contribution in [-0.2, 0) is 13.1 Å². The highest BCUT2D eigenvalue weighted by molar-refractivity contribution is 7.09. The zero-order valence-electron chi connectivity index (χ0n) is 13.7. The normalized spacial score (nSPS) is 23.5. The summed E-state index contributed by atoms with van der Waals surface area (Å²) in [6.45, 7) is 4.41. The standard InChI is InChI=1S/C18H24N4S/c1-21(14-17-20-8-11-23-17)16-12-18(16)5-9-22(10-6-18)13-15-4-2-3-7-19-15/h2-4,7-8,11,16H,5-6,9-10,12-14H2,1H3/t16-/m0/s1. The lowest BCUT2D eigenvalue weighted by atomic mass is 9.92. The molecule has 2 aromatic rings. The number of aromatic nitrogens is 2. The van der Waals surface area contributed by atoms with Crippen molar-refractivity contribution >= 4 is 11.3 Å². The van der Waals surface area contributed by atoms with Crippen molar-refractivity contribution in [3.05, 3.63) is 46.7 Å². The fourth-order valence-corrected chi connectivity index (χ4v) is 4.70. The van der Waals surface area contributed by atoms with Gasteiger partial charge in [-0.15, -0.1) is 11.3 Å². The summed E-state index contributed by atoms with van der Waals surface area (Å²) in [5, 5.41) is 3.31. The highest BCUT2D eigenvalue weighted by Gasteiger charge is 2.56. The van der Waals surface area contributed by atoms with Gasteiger partial charge in [-0.2, -0.15) is 0 Å². The van der Waals surface area contributed by atoms with E-state index in [0.717, 1.165) is 19.1 Å². The first kappa shape index (κ1) is 15.2. The summed E-state index contributed by atoms with van der Waals surface area (Å²) in [4.78, 5) is 14.0. The molecule has 122 valence electrons. The van der Waals surface area contributed by atoms with Gasteiger partial charge < -0.3 is 0 Å². The van der Waals surface area contributed by atoms with E-state index in [2.05, 4.69) is 44.3 Å². The number of rotatable bonds is 5. The van der Waals surface area contributed by atoms with Gasteiger partial charge in [0.1, 0.15) is 5.01 Å². The van der Waals surface area contributed by atoms with Crippen LogP contribution < -0.4 is 0 Å². The maximum absolute atomic E-state index is 4.45. The van der Waals surface area contributed by atoms with E-state index in [-0.39, 0.29) is 0 Å². The number of likely N-dealkylation sites (tertiary alicyclic amines) is 1. The second-order valence-electron chi connectivity index (χ2n) is 7.02. The van der Waals surface area contributed by atoms with Gasteiger partial charge in [0.05, 0.1) is 12.2 Å². The topological polar surface area (TPSA) is 32.3 Å². The predicted octanol–water partition coefficient (Wildman–Crippen LogP) is 3.02. The van der Waals surface area contributed by atoms with Crippen molar-refractivity contribution in [3.63, 3.8) is 0 Å². The van der Waals surface area contributed by atoms with Crippen LogP contribution in [0.3, 0.4) is 0 Å². The van der Waals surface area contributed by atoms with E-state index in [0.29, 0.717) is 5.41 Å². The zero-order valence-corrected chi connectivity index (χ0v) is 14.5. The number of pyridine rings is 1. The van der Waals surface area contributed by atoms with E-state index >= 15 is 0 Å². The smallest absolute Gasteiger partial charge is 0.107 e. The number of thiazole rings is 1. The molecule has 1 spiro atoms. The lowest BCUT2D eigenvalue weighted by molar-refractivity contribution is 0.138. The van der Waals surface area contributed by atoms with E-state index in [1.807, 2.05) is 18.5 Å². The van der Waals surface area contributed by atoms with Gasteiger partial charge in [-0.3, -0.25) is 14.8 Å². The molecular formula is C18H24N4S. The summed E-state index contributed by atoms with van der Waals surface area (Å²) in [6.07, 6.45) is 7.82. The van der Waals surface area contributed by atoms with Gasteiger partial charge in [0.15, 0.2) is 0 Å². The largest absolute Gasteiger partial charge is 0.297 e. The fourth-order valence-electron chi connectivity index (χ4n) is 4.02. The number of piperidine rings is 1. The van der Waals surface area contributed by atoms with Gasteiger partial charge in [0, 0.05) is 30.4 Å². The quantitative estimate of drug-likeness (QED) is 0.844. The van der Waals surface area contributed by atoms with Crippen LogP contribution in [0.5, 0.6) is 0 Å². The minimum Gasteiger partial charge on any atom is -0.297 e. The second-order valence-corrected chi connectivity index (χ2v) is 8.00. The molecular weight excluding hydrogens is 304 g/mol. The van der Waals surface area contributed by atoms with Crippen molar-refractivity contribution in [2.75, 3.05) is 20.1 Å². The molecule has 0 aromatic carbocycles. The molecule has 23 heavy (non-hydrogen) atoms. The molecule has 0 amide bonds. The molecule has 0 unspecified atom stereocenters. The molecule has 2 aliphatic rings. The van der Waals surface area contributed by atoms with E-state index < -0.39 is 0 Å². The molecule has 1 saturated heterocycles. The lowest BCUT2D eigenvalue weighted by Crippen LogP contribution is -2.37. The third-order valence-electron chi connectivity index (χ3n) is 5.51. The van der Waals surface area contributed by atoms with Crippen molar-refractivity contribution in [2.45, 2.75) is 38.4 Å². The lowest BCUT2D eigenvalue weighted by Gasteiger charge is -2.33. The third-order valence-corrected chi connectivity index (χ3v) is 6.27. The van der Waals surface area contributed by atoms with Crippen LogP contribution in [0.4, 0.5) is 0 Å². The second kappa shape index (κ2) is 6.30. The molecule has 3 heterocycles. The Bertz CT molecular complexity index is 620. The molecule has 1 aliphatic carbocycles. The molecule has 1 aliphatic heterocycles. The van der Waals surface area contributed by atoms with Gasteiger partial charge in [0.25, 0.3) is 0 Å². The fraction of sp³-hybridized carbons (Fsp3) is 0.556. The van der Waals surface area contributed by atoms with Crippen LogP contribution in [0.25, 0.3) is 0 Å². The summed E-state index contributed by atoms with van der Waals surface area (Å²) < 4.78 is 0. The number of hydrogen-bond donors (Lipinski definition) is 0. The van der Waals surface area contributed by atoms with Crippen LogP contribution in [0.1, 0.15) is 30.0 Å². The molecule has 4 rings (SSSR count). The van der Waals surface area contributed by atoms with E-state index in [9.17, 15) is 0 Å². The Morgan fingerprint density at radius 2 is 2.13 bits per heavy atom. The van der Waals surface area contributed by atoms with Gasteiger partial charge in [0.2, 0.25) is 0 Å². The van der Waals surface area contributed by atoms with Crippen molar-refractivity contribution in [1.82, 2.24) is 19.8 Å². The first-order valence-corrected chi connectivity index (χ1v) is 9.34. The molecule has 1 atom stereocenters. The summed E-state index contributed by atoms with van der Waals surface area (Å²) in [5.74, 6) is 0. The van der Waals surface area contributed by atoms with Crippen molar-refractivity contribution in [2.24, 2.45) is 5.41 Å². The maximum Gasteiger partial charge on any atom is 0.107 e. The Kier molecular flexibility index (Phi) is 4.18. The Morgan fingerprint density at radius 3 is 2.83 bits per heavy atom. The zero-order chi connectivity index (χ0) is 15.7. The van der Waals surface area contributed by atoms with E-state index in [1.54, 1.807) is 11.3 Å². The Hall–Kier alpha value is -1.30. The van der Waals surface area contributed by atoms with Crippen LogP contribution in [-0.4, -0.2) is 45.9 Å². The van der Waals surface area contributed by atoms with Crippen molar-refractivity contribution in [1.29, 1.82) is 0 Å². The average Bonchev–Trinajstić information content (AvgIpc) is 3.02. The highest BCUT2D eigenvalue weighted by atomic mass is 32.1. The van der Waals surface area contributed by atoms with Gasteiger partial charge in [-0.05, 0) is 56.9 Å². The Labute approximate surface area is 142 Å². The first-order chi connectivity index (χ1) is 11.3. The number of hydrogen-bond acceptors (Lipinski definition) is 5. The van der Waals surface area contributed by atoms with Crippen LogP contribution >= 0.6 is 11.3 Å². The third kappa shape index (κ3) is 3.32. The molecule has 1 saturated carbocycles. The molecule has 0 N–H and O–H groups in total. The minimum atomic E-state index is 0.576. The predicted molar refractivity (Wildman–Crippen MR) is 93.2 cm³/mol. The molecule has 4 nitrogen and oxygen atoms in total. The van der Waals surface area contributed by atoms with Crippen LogP contribution in [0.2, 0.25) is 0 Å². The molecule has 2 fully saturated rings. The van der Waals surface area contributed by atoms with E-state index in [4.69, 9.17) is 0 Å². The van der Waals surface area contributed by atoms with Crippen molar-refractivity contribution < 1.29 is 0 Å². The first-order valence-electron chi connectivity index (χ1n) is 8.46. The van der Waals surface area contributed by atoms with Crippen LogP contribution in [0, 0.1) is 5.41 Å².